The van der Waals surface area contributed by atoms with Gasteiger partial charge < -0.3 is 20.1 Å². The molecule has 4 heteroatoms. The van der Waals surface area contributed by atoms with Crippen LogP contribution in [0.25, 0.3) is 0 Å². The van der Waals surface area contributed by atoms with E-state index in [-0.39, 0.29) is 19.3 Å². The van der Waals surface area contributed by atoms with E-state index in [9.17, 15) is 10.2 Å². The standard InChI is InChI=1S/C28H42O4/c1-6-23(25-12-14-28(21(5)16-25)32-18-26(30)17-29)9-7-22-8-10-24(20(4)15-22)11-13-27(31)19(2)3/h8,10,12,14-16,19,23,26-27,29-31H,6-7,9,11,13,17-18H2,1-5H3/t23?,26-,27?/m0/s1. The van der Waals surface area contributed by atoms with Gasteiger partial charge in [0.1, 0.15) is 18.5 Å². The first kappa shape index (κ1) is 26.4. The third kappa shape index (κ3) is 7.91. The molecule has 0 bridgehead atoms. The Labute approximate surface area is 194 Å². The van der Waals surface area contributed by atoms with E-state index in [1.165, 1.54) is 22.3 Å². The van der Waals surface area contributed by atoms with Crippen LogP contribution in [0.1, 0.15) is 73.8 Å². The van der Waals surface area contributed by atoms with Crippen LogP contribution in [-0.4, -0.2) is 40.7 Å². The van der Waals surface area contributed by atoms with E-state index >= 15 is 0 Å². The summed E-state index contributed by atoms with van der Waals surface area (Å²) in [5.41, 5.74) is 6.38. The summed E-state index contributed by atoms with van der Waals surface area (Å²) < 4.78 is 5.63. The molecule has 0 saturated heterocycles. The van der Waals surface area contributed by atoms with Gasteiger partial charge in [-0.2, -0.15) is 0 Å². The lowest BCUT2D eigenvalue weighted by Gasteiger charge is -2.19. The van der Waals surface area contributed by atoms with Gasteiger partial charge >= 0.3 is 0 Å². The van der Waals surface area contributed by atoms with Crippen molar-refractivity contribution in [1.29, 1.82) is 0 Å². The topological polar surface area (TPSA) is 69.9 Å². The van der Waals surface area contributed by atoms with Gasteiger partial charge in [-0.25, -0.2) is 0 Å². The lowest BCUT2D eigenvalue weighted by atomic mass is 9.88. The zero-order valence-electron chi connectivity index (χ0n) is 20.5. The first-order valence-corrected chi connectivity index (χ1v) is 12.0. The quantitative estimate of drug-likeness (QED) is 0.403. The first-order chi connectivity index (χ1) is 15.2. The van der Waals surface area contributed by atoms with Crippen LogP contribution < -0.4 is 4.74 Å². The third-order valence-electron chi connectivity index (χ3n) is 6.47. The Balaban J connectivity index is 1.96. The zero-order chi connectivity index (χ0) is 23.7. The summed E-state index contributed by atoms with van der Waals surface area (Å²) in [6.45, 7) is 10.4. The van der Waals surface area contributed by atoms with Gasteiger partial charge in [-0.05, 0) is 91.7 Å². The number of benzene rings is 2. The second kappa shape index (κ2) is 13.0. The summed E-state index contributed by atoms with van der Waals surface area (Å²) in [4.78, 5) is 0. The van der Waals surface area contributed by atoms with Crippen molar-refractivity contribution in [1.82, 2.24) is 0 Å². The van der Waals surface area contributed by atoms with Crippen LogP contribution >= 0.6 is 0 Å². The largest absolute Gasteiger partial charge is 0.491 e. The number of aliphatic hydroxyl groups excluding tert-OH is 3. The molecular formula is C28H42O4. The molecule has 2 aromatic rings. The predicted octanol–water partition coefficient (Wildman–Crippen LogP) is 5.11. The number of aliphatic hydroxyl groups is 3. The minimum Gasteiger partial charge on any atom is -0.491 e. The zero-order valence-corrected chi connectivity index (χ0v) is 20.5. The van der Waals surface area contributed by atoms with E-state index in [1.807, 2.05) is 13.0 Å². The van der Waals surface area contributed by atoms with Gasteiger partial charge in [0.2, 0.25) is 0 Å². The minimum atomic E-state index is -0.854. The van der Waals surface area contributed by atoms with E-state index < -0.39 is 6.10 Å². The lowest BCUT2D eigenvalue weighted by molar-refractivity contribution is 0.0534. The Morgan fingerprint density at radius 2 is 1.66 bits per heavy atom. The molecule has 32 heavy (non-hydrogen) atoms. The molecule has 178 valence electrons. The van der Waals surface area contributed by atoms with Crippen LogP contribution in [-0.2, 0) is 12.8 Å². The van der Waals surface area contributed by atoms with E-state index in [2.05, 4.69) is 58.0 Å². The number of rotatable bonds is 13. The molecule has 2 aromatic carbocycles. The normalized spacial score (nSPS) is 14.4. The van der Waals surface area contributed by atoms with Crippen molar-refractivity contribution in [3.63, 3.8) is 0 Å². The van der Waals surface area contributed by atoms with Crippen molar-refractivity contribution in [2.75, 3.05) is 13.2 Å². The molecule has 3 atom stereocenters. The molecule has 0 aliphatic carbocycles. The smallest absolute Gasteiger partial charge is 0.122 e. The third-order valence-corrected chi connectivity index (χ3v) is 6.47. The minimum absolute atomic E-state index is 0.0969. The number of hydrogen-bond acceptors (Lipinski definition) is 4. The molecular weight excluding hydrogens is 400 g/mol. The second-order valence-electron chi connectivity index (χ2n) is 9.43. The molecule has 2 unspecified atom stereocenters. The maximum Gasteiger partial charge on any atom is 0.122 e. The van der Waals surface area contributed by atoms with E-state index in [0.717, 1.165) is 43.4 Å². The van der Waals surface area contributed by atoms with Crippen LogP contribution in [0.4, 0.5) is 0 Å². The Bertz CT molecular complexity index is 830. The Morgan fingerprint density at radius 1 is 0.906 bits per heavy atom. The summed E-state index contributed by atoms with van der Waals surface area (Å²) in [6, 6.07) is 13.1. The summed E-state index contributed by atoms with van der Waals surface area (Å²) in [6.07, 6.45) is 3.85. The first-order valence-electron chi connectivity index (χ1n) is 12.0. The SMILES string of the molecule is CCC(CCc1ccc(CCC(O)C(C)C)c(C)c1)c1ccc(OC[C@@H](O)CO)c(C)c1. The van der Waals surface area contributed by atoms with Crippen molar-refractivity contribution in [3.8, 4) is 5.75 Å². The van der Waals surface area contributed by atoms with Crippen molar-refractivity contribution in [3.05, 3.63) is 64.2 Å². The molecule has 0 radical (unpaired) electrons. The van der Waals surface area contributed by atoms with Crippen LogP contribution in [0.2, 0.25) is 0 Å². The predicted molar refractivity (Wildman–Crippen MR) is 131 cm³/mol. The molecule has 4 nitrogen and oxygen atoms in total. The Hall–Kier alpha value is -1.88. The summed E-state index contributed by atoms with van der Waals surface area (Å²) >= 11 is 0. The van der Waals surface area contributed by atoms with Crippen molar-refractivity contribution >= 4 is 0 Å². The maximum atomic E-state index is 10.1. The number of ether oxygens (including phenoxy) is 1. The highest BCUT2D eigenvalue weighted by molar-refractivity contribution is 5.38. The molecule has 3 N–H and O–H groups in total. The highest BCUT2D eigenvalue weighted by Gasteiger charge is 2.14. The van der Waals surface area contributed by atoms with Gasteiger partial charge in [-0.15, -0.1) is 0 Å². The van der Waals surface area contributed by atoms with Gasteiger partial charge in [0.15, 0.2) is 0 Å². The van der Waals surface area contributed by atoms with Crippen LogP contribution in [0, 0.1) is 19.8 Å². The second-order valence-corrected chi connectivity index (χ2v) is 9.43. The molecule has 0 aromatic heterocycles. The Morgan fingerprint density at radius 3 is 2.25 bits per heavy atom. The monoisotopic (exact) mass is 442 g/mol. The molecule has 0 aliphatic heterocycles. The average Bonchev–Trinajstić information content (AvgIpc) is 2.77. The van der Waals surface area contributed by atoms with Crippen LogP contribution in [0.3, 0.4) is 0 Å². The van der Waals surface area contributed by atoms with Gasteiger partial charge in [-0.3, -0.25) is 0 Å². The summed E-state index contributed by atoms with van der Waals surface area (Å²) in [5, 5.41) is 28.5. The fourth-order valence-electron chi connectivity index (χ4n) is 4.11. The molecule has 2 rings (SSSR count). The molecule has 0 amide bonds. The van der Waals surface area contributed by atoms with E-state index in [1.54, 1.807) is 0 Å². The summed E-state index contributed by atoms with van der Waals surface area (Å²) in [5.74, 6) is 1.54. The van der Waals surface area contributed by atoms with Crippen molar-refractivity contribution in [2.24, 2.45) is 5.92 Å². The van der Waals surface area contributed by atoms with Crippen LogP contribution in [0.15, 0.2) is 36.4 Å². The Kier molecular flexibility index (Phi) is 10.7. The fourth-order valence-corrected chi connectivity index (χ4v) is 4.11. The highest BCUT2D eigenvalue weighted by Crippen LogP contribution is 2.30. The maximum absolute atomic E-state index is 10.1. The van der Waals surface area contributed by atoms with E-state index in [4.69, 9.17) is 9.84 Å². The average molecular weight is 443 g/mol. The van der Waals surface area contributed by atoms with Crippen molar-refractivity contribution in [2.45, 2.75) is 84.8 Å². The molecule has 0 fully saturated rings. The number of aryl methyl sites for hydroxylation is 4. The lowest BCUT2D eigenvalue weighted by Crippen LogP contribution is -2.21. The van der Waals surface area contributed by atoms with E-state index in [0.29, 0.717) is 11.8 Å². The van der Waals surface area contributed by atoms with Gasteiger partial charge in [0.05, 0.1) is 12.7 Å². The van der Waals surface area contributed by atoms with Gasteiger partial charge in [0, 0.05) is 0 Å². The van der Waals surface area contributed by atoms with Crippen LogP contribution in [0.5, 0.6) is 5.75 Å². The van der Waals surface area contributed by atoms with Gasteiger partial charge in [0.25, 0.3) is 0 Å². The molecule has 0 saturated carbocycles. The molecule has 0 aliphatic rings. The molecule has 0 spiro atoms. The van der Waals surface area contributed by atoms with Crippen molar-refractivity contribution < 1.29 is 20.1 Å². The highest BCUT2D eigenvalue weighted by atomic mass is 16.5. The molecule has 0 heterocycles. The fraction of sp³-hybridized carbons (Fsp3) is 0.571. The van der Waals surface area contributed by atoms with Gasteiger partial charge in [-0.1, -0.05) is 51.1 Å². The number of hydrogen-bond donors (Lipinski definition) is 3. The summed E-state index contributed by atoms with van der Waals surface area (Å²) in [7, 11) is 0.